The molecular formula is C11H19N5OS. The first-order chi connectivity index (χ1) is 8.51. The third kappa shape index (κ3) is 3.23. The van der Waals surface area contributed by atoms with Crippen molar-refractivity contribution in [3.8, 4) is 0 Å². The number of rotatable bonds is 7. The Kier molecular flexibility index (Phi) is 3.91. The van der Waals surface area contributed by atoms with Gasteiger partial charge in [-0.2, -0.15) is 0 Å². The molecule has 7 heteroatoms. The molecule has 1 aliphatic rings. The fourth-order valence-corrected chi connectivity index (χ4v) is 2.74. The minimum absolute atomic E-state index is 0.284. The number of aryl methyl sites for hydroxylation is 1. The smallest absolute Gasteiger partial charge is 0.237 e. The van der Waals surface area contributed by atoms with Gasteiger partial charge in [0, 0.05) is 18.8 Å². The van der Waals surface area contributed by atoms with E-state index in [-0.39, 0.29) is 5.91 Å². The number of carbonyl (C=O) groups is 1. The second-order valence-corrected chi connectivity index (χ2v) is 6.00. The zero-order valence-electron chi connectivity index (χ0n) is 10.7. The summed E-state index contributed by atoms with van der Waals surface area (Å²) in [6.07, 6.45) is 4.63. The molecule has 1 heterocycles. The Hall–Kier alpha value is -1.08. The fourth-order valence-electron chi connectivity index (χ4n) is 1.69. The molecule has 2 rings (SSSR count). The summed E-state index contributed by atoms with van der Waals surface area (Å²) in [6.45, 7) is 1.88. The largest absolute Gasteiger partial charge is 0.368 e. The predicted molar refractivity (Wildman–Crippen MR) is 70.1 cm³/mol. The summed E-state index contributed by atoms with van der Waals surface area (Å²) in [5.74, 6) is 0.499. The van der Waals surface area contributed by atoms with Gasteiger partial charge in [0.1, 0.15) is 6.33 Å². The average Bonchev–Trinajstić information content (AvgIpc) is 3.02. The van der Waals surface area contributed by atoms with E-state index in [0.717, 1.165) is 23.8 Å². The number of nitrogens with zero attached hydrogens (tertiary/aromatic N) is 3. The van der Waals surface area contributed by atoms with Gasteiger partial charge in [0.15, 0.2) is 5.16 Å². The Morgan fingerprint density at radius 3 is 2.94 bits per heavy atom. The van der Waals surface area contributed by atoms with E-state index in [1.807, 2.05) is 18.5 Å². The molecule has 6 nitrogen and oxygen atoms in total. The SMILES string of the molecule is Cn1cnnc1SCCC(C)(NC1CC1)C(N)=O. The molecule has 0 bridgehead atoms. The van der Waals surface area contributed by atoms with E-state index in [1.165, 1.54) is 0 Å². The van der Waals surface area contributed by atoms with Crippen LogP contribution < -0.4 is 11.1 Å². The number of nitrogens with two attached hydrogens (primary N) is 1. The molecule has 3 N–H and O–H groups in total. The molecular weight excluding hydrogens is 250 g/mol. The molecule has 100 valence electrons. The topological polar surface area (TPSA) is 85.8 Å². The maximum absolute atomic E-state index is 11.6. The van der Waals surface area contributed by atoms with E-state index < -0.39 is 5.54 Å². The quantitative estimate of drug-likeness (QED) is 0.695. The second kappa shape index (κ2) is 5.27. The van der Waals surface area contributed by atoms with Crippen molar-refractivity contribution in [1.29, 1.82) is 0 Å². The number of aromatic nitrogens is 3. The summed E-state index contributed by atoms with van der Waals surface area (Å²) < 4.78 is 1.86. The number of nitrogens with one attached hydrogen (secondary N) is 1. The van der Waals surface area contributed by atoms with Crippen LogP contribution in [-0.2, 0) is 11.8 Å². The third-order valence-electron chi connectivity index (χ3n) is 3.15. The van der Waals surface area contributed by atoms with Gasteiger partial charge in [0.05, 0.1) is 5.54 Å². The number of hydrogen-bond acceptors (Lipinski definition) is 5. The van der Waals surface area contributed by atoms with Crippen LogP contribution in [0.25, 0.3) is 0 Å². The van der Waals surface area contributed by atoms with Crippen LogP contribution >= 0.6 is 11.8 Å². The first-order valence-corrected chi connectivity index (χ1v) is 7.04. The minimum atomic E-state index is -0.618. The highest BCUT2D eigenvalue weighted by Crippen LogP contribution is 2.26. The Morgan fingerprint density at radius 2 is 2.44 bits per heavy atom. The molecule has 1 aliphatic carbocycles. The van der Waals surface area contributed by atoms with Crippen LogP contribution in [0.15, 0.2) is 11.5 Å². The summed E-state index contributed by atoms with van der Waals surface area (Å²) in [5.41, 5.74) is 4.87. The fraction of sp³-hybridized carbons (Fsp3) is 0.727. The van der Waals surface area contributed by atoms with Crippen molar-refractivity contribution in [3.63, 3.8) is 0 Å². The molecule has 1 atom stereocenters. The molecule has 18 heavy (non-hydrogen) atoms. The molecule has 1 saturated carbocycles. The van der Waals surface area contributed by atoms with Crippen molar-refractivity contribution in [2.24, 2.45) is 12.8 Å². The summed E-state index contributed by atoms with van der Waals surface area (Å²) in [7, 11) is 1.90. The number of carbonyl (C=O) groups excluding carboxylic acids is 1. The van der Waals surface area contributed by atoms with Crippen molar-refractivity contribution in [2.75, 3.05) is 5.75 Å². The van der Waals surface area contributed by atoms with E-state index >= 15 is 0 Å². The minimum Gasteiger partial charge on any atom is -0.368 e. The van der Waals surface area contributed by atoms with Crippen LogP contribution in [0.1, 0.15) is 26.2 Å². The number of primary amides is 1. The van der Waals surface area contributed by atoms with Crippen LogP contribution in [0.3, 0.4) is 0 Å². The summed E-state index contributed by atoms with van der Waals surface area (Å²) in [5, 5.41) is 12.0. The predicted octanol–water partition coefficient (Wildman–Crippen LogP) is 0.293. The number of amides is 1. The molecule has 0 radical (unpaired) electrons. The van der Waals surface area contributed by atoms with Crippen molar-refractivity contribution in [2.45, 2.75) is 42.9 Å². The molecule has 0 spiro atoms. The van der Waals surface area contributed by atoms with E-state index in [2.05, 4.69) is 15.5 Å². The maximum atomic E-state index is 11.6. The zero-order valence-corrected chi connectivity index (χ0v) is 11.5. The molecule has 1 amide bonds. The summed E-state index contributed by atoms with van der Waals surface area (Å²) in [4.78, 5) is 11.6. The van der Waals surface area contributed by atoms with Crippen LogP contribution in [0.4, 0.5) is 0 Å². The second-order valence-electron chi connectivity index (χ2n) is 4.94. The lowest BCUT2D eigenvalue weighted by Gasteiger charge is -2.27. The molecule has 1 aromatic heterocycles. The van der Waals surface area contributed by atoms with Crippen molar-refractivity contribution in [3.05, 3.63) is 6.33 Å². The highest BCUT2D eigenvalue weighted by Gasteiger charge is 2.36. The van der Waals surface area contributed by atoms with Gasteiger partial charge >= 0.3 is 0 Å². The highest BCUT2D eigenvalue weighted by atomic mass is 32.2. The van der Waals surface area contributed by atoms with E-state index in [9.17, 15) is 4.79 Å². The van der Waals surface area contributed by atoms with Crippen LogP contribution in [0.5, 0.6) is 0 Å². The zero-order chi connectivity index (χ0) is 13.2. The number of hydrogen-bond donors (Lipinski definition) is 2. The molecule has 0 aliphatic heterocycles. The van der Waals surface area contributed by atoms with Crippen molar-refractivity contribution >= 4 is 17.7 Å². The van der Waals surface area contributed by atoms with Crippen molar-refractivity contribution in [1.82, 2.24) is 20.1 Å². The molecule has 1 unspecified atom stereocenters. The Labute approximate surface area is 111 Å². The maximum Gasteiger partial charge on any atom is 0.237 e. The van der Waals surface area contributed by atoms with Gasteiger partial charge in [-0.3, -0.25) is 4.79 Å². The first kappa shape index (κ1) is 13.4. The van der Waals surface area contributed by atoms with Gasteiger partial charge in [0.25, 0.3) is 0 Å². The monoisotopic (exact) mass is 269 g/mol. The van der Waals surface area contributed by atoms with E-state index in [1.54, 1.807) is 18.1 Å². The standard InChI is InChI=1S/C11H19N5OS/c1-11(9(12)17,14-8-3-4-8)5-6-18-10-15-13-7-16(10)2/h7-8,14H,3-6H2,1-2H3,(H2,12,17). The lowest BCUT2D eigenvalue weighted by atomic mass is 9.98. The molecule has 0 saturated heterocycles. The summed E-state index contributed by atoms with van der Waals surface area (Å²) in [6, 6.07) is 0.460. The van der Waals surface area contributed by atoms with Gasteiger partial charge < -0.3 is 15.6 Å². The molecule has 0 aromatic carbocycles. The Morgan fingerprint density at radius 1 is 1.72 bits per heavy atom. The van der Waals surface area contributed by atoms with E-state index in [0.29, 0.717) is 12.5 Å². The molecule has 1 aromatic rings. The molecule has 1 fully saturated rings. The number of thioether (sulfide) groups is 1. The highest BCUT2D eigenvalue weighted by molar-refractivity contribution is 7.99. The van der Waals surface area contributed by atoms with Crippen molar-refractivity contribution < 1.29 is 4.79 Å². The van der Waals surface area contributed by atoms with Gasteiger partial charge in [-0.05, 0) is 26.2 Å². The normalized spacial score (nSPS) is 18.6. The van der Waals surface area contributed by atoms with Crippen LogP contribution in [-0.4, -0.2) is 38.0 Å². The van der Waals surface area contributed by atoms with Gasteiger partial charge in [0.2, 0.25) is 5.91 Å². The summed E-state index contributed by atoms with van der Waals surface area (Å²) >= 11 is 1.59. The van der Waals surface area contributed by atoms with E-state index in [4.69, 9.17) is 5.73 Å². The lowest BCUT2D eigenvalue weighted by molar-refractivity contribution is -0.124. The Balaban J connectivity index is 1.85. The Bertz CT molecular complexity index is 431. The first-order valence-electron chi connectivity index (χ1n) is 6.06. The van der Waals surface area contributed by atoms with Gasteiger partial charge in [-0.1, -0.05) is 11.8 Å². The van der Waals surface area contributed by atoms with Gasteiger partial charge in [-0.25, -0.2) is 0 Å². The van der Waals surface area contributed by atoms with Gasteiger partial charge in [-0.15, -0.1) is 10.2 Å². The average molecular weight is 269 g/mol. The van der Waals surface area contributed by atoms with Crippen LogP contribution in [0, 0.1) is 0 Å². The lowest BCUT2D eigenvalue weighted by Crippen LogP contribution is -2.54. The third-order valence-corrected chi connectivity index (χ3v) is 4.18. The van der Waals surface area contributed by atoms with Crippen LogP contribution in [0.2, 0.25) is 0 Å².